The van der Waals surface area contributed by atoms with Crippen LogP contribution in [0.15, 0.2) is 35.5 Å². The fourth-order valence-corrected chi connectivity index (χ4v) is 2.61. The van der Waals surface area contributed by atoms with E-state index in [0.717, 1.165) is 11.6 Å². The predicted molar refractivity (Wildman–Crippen MR) is 77.4 cm³/mol. The average molecular weight is 325 g/mol. The van der Waals surface area contributed by atoms with Gasteiger partial charge in [0.1, 0.15) is 23.5 Å². The third-order valence-corrected chi connectivity index (χ3v) is 3.76. The van der Waals surface area contributed by atoms with Crippen LogP contribution in [0.5, 0.6) is 5.75 Å². The maximum atomic E-state index is 13.7. The first-order valence-corrected chi connectivity index (χ1v) is 6.78. The Hall–Kier alpha value is -2.34. The summed E-state index contributed by atoms with van der Waals surface area (Å²) in [6.07, 6.45) is -0.0668. The van der Waals surface area contributed by atoms with Gasteiger partial charge in [-0.2, -0.15) is 0 Å². The fourth-order valence-electron chi connectivity index (χ4n) is 2.42. The van der Waals surface area contributed by atoms with Crippen LogP contribution in [0.2, 0.25) is 5.02 Å². The summed E-state index contributed by atoms with van der Waals surface area (Å²) in [6.45, 7) is 0. The first-order chi connectivity index (χ1) is 10.5. The standard InChI is InChI=1S/C15H11ClF2N2O2/c16-11-4-8-5-13(22-14(8)6-12(11)18)7-1-9(15(19)20-21)3-10(17)2-7/h1-4,6,13,21H,5H2,(H2,19,20). The molecule has 114 valence electrons. The van der Waals surface area contributed by atoms with Crippen LogP contribution < -0.4 is 10.5 Å². The van der Waals surface area contributed by atoms with Gasteiger partial charge >= 0.3 is 0 Å². The van der Waals surface area contributed by atoms with E-state index in [0.29, 0.717) is 17.7 Å². The Labute approximate surface area is 129 Å². The number of hydrogen-bond acceptors (Lipinski definition) is 3. The van der Waals surface area contributed by atoms with Crippen molar-refractivity contribution in [2.45, 2.75) is 12.5 Å². The maximum Gasteiger partial charge on any atom is 0.170 e. The van der Waals surface area contributed by atoms with Gasteiger partial charge in [-0.1, -0.05) is 16.8 Å². The number of oxime groups is 1. The number of nitrogens with two attached hydrogens (primary N) is 1. The van der Waals surface area contributed by atoms with Crippen LogP contribution in [0, 0.1) is 11.6 Å². The molecule has 1 unspecified atom stereocenters. The zero-order valence-corrected chi connectivity index (χ0v) is 11.9. The van der Waals surface area contributed by atoms with Crippen LogP contribution in [-0.4, -0.2) is 11.0 Å². The van der Waals surface area contributed by atoms with Crippen LogP contribution >= 0.6 is 11.6 Å². The SMILES string of the molecule is N/C(=N\O)c1cc(F)cc(C2Cc3cc(Cl)c(F)cc3O2)c1. The summed E-state index contributed by atoms with van der Waals surface area (Å²) in [4.78, 5) is 0. The number of benzene rings is 2. The highest BCUT2D eigenvalue weighted by atomic mass is 35.5. The molecule has 0 bridgehead atoms. The molecule has 2 aromatic carbocycles. The van der Waals surface area contributed by atoms with Crippen LogP contribution in [0.25, 0.3) is 0 Å². The van der Waals surface area contributed by atoms with Gasteiger partial charge in [0.05, 0.1) is 5.02 Å². The summed E-state index contributed by atoms with van der Waals surface area (Å²) in [5.74, 6) is -0.938. The van der Waals surface area contributed by atoms with Crippen molar-refractivity contribution in [3.8, 4) is 5.75 Å². The van der Waals surface area contributed by atoms with Crippen molar-refractivity contribution in [1.82, 2.24) is 0 Å². The van der Waals surface area contributed by atoms with Gasteiger partial charge in [0, 0.05) is 18.1 Å². The highest BCUT2D eigenvalue weighted by molar-refractivity contribution is 6.30. The largest absolute Gasteiger partial charge is 0.485 e. The number of nitrogens with zero attached hydrogens (tertiary/aromatic N) is 1. The number of halogens is 3. The number of amidine groups is 1. The van der Waals surface area contributed by atoms with Gasteiger partial charge in [0.15, 0.2) is 5.84 Å². The van der Waals surface area contributed by atoms with Gasteiger partial charge in [-0.3, -0.25) is 0 Å². The molecule has 3 N–H and O–H groups in total. The Morgan fingerprint density at radius 1 is 1.27 bits per heavy atom. The van der Waals surface area contributed by atoms with Crippen molar-refractivity contribution in [1.29, 1.82) is 0 Å². The van der Waals surface area contributed by atoms with E-state index in [1.165, 1.54) is 18.2 Å². The van der Waals surface area contributed by atoms with E-state index in [9.17, 15) is 8.78 Å². The van der Waals surface area contributed by atoms with E-state index < -0.39 is 17.7 Å². The summed E-state index contributed by atoms with van der Waals surface area (Å²) in [7, 11) is 0. The Bertz CT molecular complexity index is 749. The molecule has 0 fully saturated rings. The fraction of sp³-hybridized carbons (Fsp3) is 0.133. The Balaban J connectivity index is 1.95. The summed E-state index contributed by atoms with van der Waals surface area (Å²) < 4.78 is 32.8. The van der Waals surface area contributed by atoms with Gasteiger partial charge in [-0.15, -0.1) is 0 Å². The lowest BCUT2D eigenvalue weighted by Gasteiger charge is -2.12. The zero-order valence-electron chi connectivity index (χ0n) is 11.2. The number of rotatable bonds is 2. The molecule has 7 heteroatoms. The van der Waals surface area contributed by atoms with Crippen LogP contribution in [-0.2, 0) is 6.42 Å². The third kappa shape index (κ3) is 2.57. The lowest BCUT2D eigenvalue weighted by atomic mass is 10.0. The minimum Gasteiger partial charge on any atom is -0.485 e. The summed E-state index contributed by atoms with van der Waals surface area (Å²) in [6, 6.07) is 6.71. The second kappa shape index (κ2) is 5.46. The Kier molecular flexibility index (Phi) is 3.62. The molecule has 22 heavy (non-hydrogen) atoms. The highest BCUT2D eigenvalue weighted by Crippen LogP contribution is 2.39. The van der Waals surface area contributed by atoms with E-state index in [4.69, 9.17) is 27.3 Å². The average Bonchev–Trinajstić information content (AvgIpc) is 2.89. The molecular weight excluding hydrogens is 314 g/mol. The number of ether oxygens (including phenoxy) is 1. The predicted octanol–water partition coefficient (Wildman–Crippen LogP) is 3.39. The van der Waals surface area contributed by atoms with Crippen molar-refractivity contribution in [3.05, 3.63) is 63.7 Å². The van der Waals surface area contributed by atoms with Crippen LogP contribution in [0.4, 0.5) is 8.78 Å². The van der Waals surface area contributed by atoms with Gasteiger partial charge in [0.2, 0.25) is 0 Å². The lowest BCUT2D eigenvalue weighted by Crippen LogP contribution is -2.15. The molecular formula is C15H11ClF2N2O2. The molecule has 0 amide bonds. The van der Waals surface area contributed by atoms with Gasteiger partial charge < -0.3 is 15.7 Å². The van der Waals surface area contributed by atoms with Crippen LogP contribution in [0.1, 0.15) is 22.8 Å². The molecule has 1 aliphatic heterocycles. The summed E-state index contributed by atoms with van der Waals surface area (Å²) >= 11 is 5.75. The molecule has 3 rings (SSSR count). The van der Waals surface area contributed by atoms with E-state index in [1.54, 1.807) is 6.07 Å². The molecule has 0 saturated carbocycles. The summed E-state index contributed by atoms with van der Waals surface area (Å²) in [5, 5.41) is 11.6. The maximum absolute atomic E-state index is 13.7. The van der Waals surface area contributed by atoms with Gasteiger partial charge in [-0.05, 0) is 35.4 Å². The molecule has 1 aliphatic rings. The van der Waals surface area contributed by atoms with Crippen molar-refractivity contribution >= 4 is 17.4 Å². The van der Waals surface area contributed by atoms with E-state index >= 15 is 0 Å². The Morgan fingerprint density at radius 2 is 2.05 bits per heavy atom. The van der Waals surface area contributed by atoms with E-state index in [2.05, 4.69) is 5.16 Å². The van der Waals surface area contributed by atoms with Gasteiger partial charge in [0.25, 0.3) is 0 Å². The lowest BCUT2D eigenvalue weighted by molar-refractivity contribution is 0.237. The van der Waals surface area contributed by atoms with E-state index in [-0.39, 0.29) is 16.4 Å². The van der Waals surface area contributed by atoms with Gasteiger partial charge in [-0.25, -0.2) is 8.78 Å². The molecule has 0 spiro atoms. The molecule has 1 heterocycles. The molecule has 0 saturated heterocycles. The zero-order chi connectivity index (χ0) is 15.9. The molecule has 0 aromatic heterocycles. The first-order valence-electron chi connectivity index (χ1n) is 6.41. The minimum atomic E-state index is -0.572. The molecule has 1 atom stereocenters. The number of hydrogen-bond donors (Lipinski definition) is 2. The van der Waals surface area contributed by atoms with Crippen molar-refractivity contribution in [2.24, 2.45) is 10.9 Å². The monoisotopic (exact) mass is 324 g/mol. The third-order valence-electron chi connectivity index (χ3n) is 3.47. The smallest absolute Gasteiger partial charge is 0.170 e. The van der Waals surface area contributed by atoms with E-state index in [1.807, 2.05) is 0 Å². The second-order valence-electron chi connectivity index (χ2n) is 4.94. The van der Waals surface area contributed by atoms with Crippen molar-refractivity contribution < 1.29 is 18.7 Å². The molecule has 0 aliphatic carbocycles. The van der Waals surface area contributed by atoms with Crippen molar-refractivity contribution in [2.75, 3.05) is 0 Å². The second-order valence-corrected chi connectivity index (χ2v) is 5.35. The topological polar surface area (TPSA) is 67.8 Å². The van der Waals surface area contributed by atoms with Crippen molar-refractivity contribution in [3.63, 3.8) is 0 Å². The highest BCUT2D eigenvalue weighted by Gasteiger charge is 2.26. The van der Waals surface area contributed by atoms with Crippen LogP contribution in [0.3, 0.4) is 0 Å². The molecule has 0 radical (unpaired) electrons. The first kappa shape index (κ1) is 14.6. The quantitative estimate of drug-likeness (QED) is 0.385. The minimum absolute atomic E-state index is 0.0135. The molecule has 2 aromatic rings. The number of fused-ring (bicyclic) bond motifs is 1. The Morgan fingerprint density at radius 3 is 2.77 bits per heavy atom. The normalized spacial score (nSPS) is 17.2. The molecule has 4 nitrogen and oxygen atoms in total. The summed E-state index contributed by atoms with van der Waals surface area (Å²) in [5.41, 5.74) is 6.97.